The SMILES string of the molecule is O=CC1=C/C=C\C=C/C=C\1. The van der Waals surface area contributed by atoms with E-state index >= 15 is 0 Å². The van der Waals surface area contributed by atoms with Crippen molar-refractivity contribution in [1.82, 2.24) is 0 Å². The maximum Gasteiger partial charge on any atom is 0.150 e. The highest BCUT2D eigenvalue weighted by Crippen LogP contribution is 1.96. The molecular weight excluding hydrogens is 124 g/mol. The highest BCUT2D eigenvalue weighted by Gasteiger charge is 1.84. The summed E-state index contributed by atoms with van der Waals surface area (Å²) in [5, 5.41) is 0. The van der Waals surface area contributed by atoms with Gasteiger partial charge >= 0.3 is 0 Å². The highest BCUT2D eigenvalue weighted by atomic mass is 16.1. The van der Waals surface area contributed by atoms with Crippen LogP contribution in [0.2, 0.25) is 0 Å². The molecule has 1 rings (SSSR count). The van der Waals surface area contributed by atoms with Crippen molar-refractivity contribution < 1.29 is 4.79 Å². The molecule has 0 saturated carbocycles. The van der Waals surface area contributed by atoms with Crippen LogP contribution in [-0.4, -0.2) is 6.29 Å². The summed E-state index contributed by atoms with van der Waals surface area (Å²) in [6.45, 7) is 0. The first-order chi connectivity index (χ1) is 4.93. The second-order valence-corrected chi connectivity index (χ2v) is 1.91. The van der Waals surface area contributed by atoms with Gasteiger partial charge in [0.2, 0.25) is 0 Å². The van der Waals surface area contributed by atoms with E-state index < -0.39 is 0 Å². The molecule has 0 aromatic rings. The van der Waals surface area contributed by atoms with Gasteiger partial charge in [0, 0.05) is 5.57 Å². The van der Waals surface area contributed by atoms with E-state index in [0.29, 0.717) is 5.57 Å². The molecule has 0 N–H and O–H groups in total. The maximum atomic E-state index is 10.2. The fraction of sp³-hybridized carbons (Fsp3) is 0. The monoisotopic (exact) mass is 132 g/mol. The van der Waals surface area contributed by atoms with Gasteiger partial charge in [0.15, 0.2) is 0 Å². The third-order valence-electron chi connectivity index (χ3n) is 1.16. The lowest BCUT2D eigenvalue weighted by atomic mass is 10.2. The molecule has 10 heavy (non-hydrogen) atoms. The number of allylic oxidation sites excluding steroid dienone is 8. The second kappa shape index (κ2) is 3.62. The fourth-order valence-corrected chi connectivity index (χ4v) is 0.660. The number of carbonyl (C=O) groups is 1. The molecule has 0 amide bonds. The van der Waals surface area contributed by atoms with E-state index in [-0.39, 0.29) is 0 Å². The van der Waals surface area contributed by atoms with Crippen LogP contribution in [0.15, 0.2) is 48.1 Å². The first-order valence-electron chi connectivity index (χ1n) is 3.10. The molecular formula is C9H8O. The molecule has 50 valence electrons. The Morgan fingerprint density at radius 3 is 2.50 bits per heavy atom. The van der Waals surface area contributed by atoms with Gasteiger partial charge in [-0.15, -0.1) is 0 Å². The van der Waals surface area contributed by atoms with Gasteiger partial charge in [0.05, 0.1) is 0 Å². The van der Waals surface area contributed by atoms with Crippen molar-refractivity contribution in [3.63, 3.8) is 0 Å². The molecule has 0 fully saturated rings. The molecule has 1 aliphatic carbocycles. The second-order valence-electron chi connectivity index (χ2n) is 1.91. The van der Waals surface area contributed by atoms with Crippen LogP contribution in [0, 0.1) is 0 Å². The van der Waals surface area contributed by atoms with Gasteiger partial charge in [-0.25, -0.2) is 0 Å². The molecule has 1 aliphatic rings. The van der Waals surface area contributed by atoms with Crippen LogP contribution in [0.3, 0.4) is 0 Å². The van der Waals surface area contributed by atoms with E-state index in [1.165, 1.54) is 0 Å². The Morgan fingerprint density at radius 1 is 1.00 bits per heavy atom. The normalized spacial score (nSPS) is 30.6. The minimum Gasteiger partial charge on any atom is -0.298 e. The summed E-state index contributed by atoms with van der Waals surface area (Å²) in [7, 11) is 0. The van der Waals surface area contributed by atoms with Crippen LogP contribution in [0.5, 0.6) is 0 Å². The van der Waals surface area contributed by atoms with Crippen molar-refractivity contribution in [3.8, 4) is 0 Å². The summed E-state index contributed by atoms with van der Waals surface area (Å²) in [4.78, 5) is 10.2. The fourth-order valence-electron chi connectivity index (χ4n) is 0.660. The lowest BCUT2D eigenvalue weighted by molar-refractivity contribution is -0.104. The molecule has 0 heterocycles. The molecule has 1 heteroatoms. The third-order valence-corrected chi connectivity index (χ3v) is 1.16. The molecule has 0 radical (unpaired) electrons. The quantitative estimate of drug-likeness (QED) is 0.497. The molecule has 0 saturated heterocycles. The number of hydrogen-bond donors (Lipinski definition) is 0. The zero-order chi connectivity index (χ0) is 7.23. The Balaban J connectivity index is 2.82. The molecule has 0 aromatic heterocycles. The zero-order valence-electron chi connectivity index (χ0n) is 5.53. The molecule has 0 aliphatic heterocycles. The minimum atomic E-state index is 0.695. The Kier molecular flexibility index (Phi) is 2.44. The van der Waals surface area contributed by atoms with E-state index in [2.05, 4.69) is 0 Å². The van der Waals surface area contributed by atoms with Crippen molar-refractivity contribution in [3.05, 3.63) is 48.1 Å². The molecule has 0 unspecified atom stereocenters. The Labute approximate surface area is 60.1 Å². The Morgan fingerprint density at radius 2 is 1.70 bits per heavy atom. The van der Waals surface area contributed by atoms with Crippen molar-refractivity contribution in [2.45, 2.75) is 0 Å². The molecule has 0 aromatic carbocycles. The van der Waals surface area contributed by atoms with Crippen LogP contribution in [0.1, 0.15) is 0 Å². The first-order valence-corrected chi connectivity index (χ1v) is 3.10. The Hall–Kier alpha value is -1.37. The van der Waals surface area contributed by atoms with E-state index in [9.17, 15) is 4.79 Å². The summed E-state index contributed by atoms with van der Waals surface area (Å²) in [6, 6.07) is 0. The molecule has 0 spiro atoms. The number of carbonyl (C=O) groups excluding carboxylic acids is 1. The van der Waals surface area contributed by atoms with E-state index in [1.807, 2.05) is 30.4 Å². The lowest BCUT2D eigenvalue weighted by Gasteiger charge is -1.86. The number of rotatable bonds is 1. The third kappa shape index (κ3) is 1.86. The van der Waals surface area contributed by atoms with Gasteiger partial charge in [-0.1, -0.05) is 42.5 Å². The van der Waals surface area contributed by atoms with Gasteiger partial charge in [0.1, 0.15) is 6.29 Å². The van der Waals surface area contributed by atoms with Crippen LogP contribution in [-0.2, 0) is 4.79 Å². The molecule has 0 bridgehead atoms. The first kappa shape index (κ1) is 6.75. The van der Waals surface area contributed by atoms with Crippen molar-refractivity contribution in [2.75, 3.05) is 0 Å². The summed E-state index contributed by atoms with van der Waals surface area (Å²) >= 11 is 0. The zero-order valence-corrected chi connectivity index (χ0v) is 5.53. The average molecular weight is 132 g/mol. The average Bonchev–Trinajstić information content (AvgIpc) is 1.87. The smallest absolute Gasteiger partial charge is 0.150 e. The van der Waals surface area contributed by atoms with Crippen molar-refractivity contribution >= 4 is 6.29 Å². The number of aldehydes is 1. The molecule has 1 nitrogen and oxygen atoms in total. The minimum absolute atomic E-state index is 0.695. The van der Waals surface area contributed by atoms with E-state index in [1.54, 1.807) is 12.2 Å². The lowest BCUT2D eigenvalue weighted by Crippen LogP contribution is -1.77. The largest absolute Gasteiger partial charge is 0.298 e. The van der Waals surface area contributed by atoms with Gasteiger partial charge in [0.25, 0.3) is 0 Å². The van der Waals surface area contributed by atoms with Crippen LogP contribution >= 0.6 is 0 Å². The van der Waals surface area contributed by atoms with Crippen LogP contribution < -0.4 is 0 Å². The van der Waals surface area contributed by atoms with Gasteiger partial charge in [-0.2, -0.15) is 0 Å². The standard InChI is InChI=1S/C9H8O/c10-8-9-6-4-2-1-3-5-7-9/h1-8H/b2-1-,3-1?,4-2?,5-3-,6-4-,7-5?,9-6?,9-7+. The number of hydrogen-bond acceptors (Lipinski definition) is 1. The summed E-state index contributed by atoms with van der Waals surface area (Å²) in [5.41, 5.74) is 0.695. The Bertz CT molecular complexity index is 229. The highest BCUT2D eigenvalue weighted by molar-refractivity contribution is 5.78. The predicted octanol–water partition coefficient (Wildman–Crippen LogP) is 1.79. The maximum absolute atomic E-state index is 10.2. The van der Waals surface area contributed by atoms with Gasteiger partial charge in [-0.05, 0) is 0 Å². The van der Waals surface area contributed by atoms with E-state index in [0.717, 1.165) is 6.29 Å². The summed E-state index contributed by atoms with van der Waals surface area (Å²) in [6.07, 6.45) is 13.7. The van der Waals surface area contributed by atoms with Gasteiger partial charge < -0.3 is 0 Å². The van der Waals surface area contributed by atoms with Crippen LogP contribution in [0.25, 0.3) is 0 Å². The van der Waals surface area contributed by atoms with Crippen molar-refractivity contribution in [2.24, 2.45) is 0 Å². The van der Waals surface area contributed by atoms with E-state index in [4.69, 9.17) is 0 Å². The van der Waals surface area contributed by atoms with Crippen LogP contribution in [0.4, 0.5) is 0 Å². The predicted molar refractivity (Wildman–Crippen MR) is 41.6 cm³/mol. The summed E-state index contributed by atoms with van der Waals surface area (Å²) in [5.74, 6) is 0. The van der Waals surface area contributed by atoms with Gasteiger partial charge in [-0.3, -0.25) is 4.79 Å². The topological polar surface area (TPSA) is 17.1 Å². The van der Waals surface area contributed by atoms with Crippen molar-refractivity contribution in [1.29, 1.82) is 0 Å². The summed E-state index contributed by atoms with van der Waals surface area (Å²) < 4.78 is 0. The molecule has 0 atom stereocenters.